The quantitative estimate of drug-likeness (QED) is 0.328. The zero-order valence-corrected chi connectivity index (χ0v) is 18.0. The van der Waals surface area contributed by atoms with Gasteiger partial charge in [0, 0.05) is 6.08 Å². The summed E-state index contributed by atoms with van der Waals surface area (Å²) in [7, 11) is 0. The second kappa shape index (κ2) is 9.69. The molecule has 0 radical (unpaired) electrons. The summed E-state index contributed by atoms with van der Waals surface area (Å²) >= 11 is 0. The van der Waals surface area contributed by atoms with Crippen LogP contribution in [0.5, 0.6) is 0 Å². The van der Waals surface area contributed by atoms with Gasteiger partial charge >= 0.3 is 5.97 Å². The molecule has 32 heavy (non-hydrogen) atoms. The molecule has 0 aliphatic heterocycles. The maximum absolute atomic E-state index is 15.3. The first-order chi connectivity index (χ1) is 15.2. The number of rotatable bonds is 6. The van der Waals surface area contributed by atoms with E-state index in [1.54, 1.807) is 25.1 Å². The van der Waals surface area contributed by atoms with E-state index in [1.165, 1.54) is 12.1 Å². The molecule has 0 spiro atoms. The number of carboxylic acid groups (broad SMARTS) is 1. The van der Waals surface area contributed by atoms with Gasteiger partial charge in [-0.3, -0.25) is 0 Å². The van der Waals surface area contributed by atoms with E-state index >= 15 is 8.78 Å². The Morgan fingerprint density at radius 3 is 2.09 bits per heavy atom. The van der Waals surface area contributed by atoms with Crippen molar-refractivity contribution in [2.24, 2.45) is 0 Å². The highest BCUT2D eigenvalue weighted by Gasteiger charge is 2.22. The minimum absolute atomic E-state index is 0.102. The zero-order chi connectivity index (χ0) is 23.4. The smallest absolute Gasteiger partial charge is 0.328 e. The molecule has 0 atom stereocenters. The maximum Gasteiger partial charge on any atom is 0.328 e. The SMILES string of the molecule is CC/C(=C(\c1ccc(C)cc1)c1c(F)cc(/C=C/C(=O)O)cc1F)c1ccc(F)cc1C. The highest BCUT2D eigenvalue weighted by Crippen LogP contribution is 2.38. The van der Waals surface area contributed by atoms with Crippen molar-refractivity contribution in [2.75, 3.05) is 0 Å². The van der Waals surface area contributed by atoms with Crippen LogP contribution in [0, 0.1) is 31.3 Å². The van der Waals surface area contributed by atoms with Gasteiger partial charge < -0.3 is 5.11 Å². The topological polar surface area (TPSA) is 37.3 Å². The minimum Gasteiger partial charge on any atom is -0.478 e. The molecule has 3 aromatic rings. The van der Waals surface area contributed by atoms with Gasteiger partial charge in [0.15, 0.2) is 0 Å². The van der Waals surface area contributed by atoms with Crippen LogP contribution in [0.1, 0.15) is 46.7 Å². The molecule has 0 bridgehead atoms. The number of hydrogen-bond donors (Lipinski definition) is 1. The molecule has 0 aliphatic carbocycles. The molecule has 0 aliphatic rings. The molecule has 164 valence electrons. The third kappa shape index (κ3) is 4.99. The Morgan fingerprint density at radius 2 is 1.56 bits per heavy atom. The van der Waals surface area contributed by atoms with E-state index in [1.807, 2.05) is 26.0 Å². The summed E-state index contributed by atoms with van der Waals surface area (Å²) < 4.78 is 44.3. The van der Waals surface area contributed by atoms with E-state index in [0.29, 0.717) is 34.3 Å². The first-order valence-corrected chi connectivity index (χ1v) is 10.2. The number of hydrogen-bond acceptors (Lipinski definition) is 1. The molecular weight excluding hydrogens is 413 g/mol. The fourth-order valence-corrected chi connectivity index (χ4v) is 3.75. The van der Waals surface area contributed by atoms with Gasteiger partial charge in [0.05, 0.1) is 5.56 Å². The number of aliphatic carboxylic acids is 1. The van der Waals surface area contributed by atoms with Gasteiger partial charge in [-0.25, -0.2) is 18.0 Å². The van der Waals surface area contributed by atoms with E-state index in [-0.39, 0.29) is 16.9 Å². The van der Waals surface area contributed by atoms with Crippen LogP contribution < -0.4 is 0 Å². The predicted molar refractivity (Wildman–Crippen MR) is 122 cm³/mol. The predicted octanol–water partition coefficient (Wildman–Crippen LogP) is 7.19. The van der Waals surface area contributed by atoms with Crippen LogP contribution in [0.15, 0.2) is 60.7 Å². The summed E-state index contributed by atoms with van der Waals surface area (Å²) in [4.78, 5) is 10.8. The summed E-state index contributed by atoms with van der Waals surface area (Å²) in [5.74, 6) is -3.21. The summed E-state index contributed by atoms with van der Waals surface area (Å²) in [6.45, 7) is 5.56. The van der Waals surface area contributed by atoms with E-state index in [4.69, 9.17) is 5.11 Å². The first-order valence-electron chi connectivity index (χ1n) is 10.2. The average Bonchev–Trinajstić information content (AvgIpc) is 2.73. The number of benzene rings is 3. The molecule has 0 aromatic heterocycles. The fourth-order valence-electron chi connectivity index (χ4n) is 3.75. The normalized spacial score (nSPS) is 12.2. The molecule has 0 saturated heterocycles. The molecule has 1 N–H and O–H groups in total. The summed E-state index contributed by atoms with van der Waals surface area (Å²) in [5, 5.41) is 8.80. The van der Waals surface area contributed by atoms with E-state index < -0.39 is 17.6 Å². The Balaban J connectivity index is 2.35. The molecule has 3 aromatic carbocycles. The van der Waals surface area contributed by atoms with Crippen molar-refractivity contribution in [1.29, 1.82) is 0 Å². The second-order valence-electron chi connectivity index (χ2n) is 7.56. The second-order valence-corrected chi connectivity index (χ2v) is 7.56. The molecule has 0 unspecified atom stereocenters. The van der Waals surface area contributed by atoms with E-state index in [9.17, 15) is 9.18 Å². The molecular formula is C27H23F3O2. The number of halogens is 3. The molecule has 0 heterocycles. The van der Waals surface area contributed by atoms with Crippen molar-refractivity contribution in [3.05, 3.63) is 112 Å². The molecule has 0 fully saturated rings. The van der Waals surface area contributed by atoms with Crippen molar-refractivity contribution in [1.82, 2.24) is 0 Å². The lowest BCUT2D eigenvalue weighted by Gasteiger charge is -2.19. The third-order valence-electron chi connectivity index (χ3n) is 5.24. The largest absolute Gasteiger partial charge is 0.478 e. The molecule has 0 amide bonds. The Labute approximate surface area is 185 Å². The van der Waals surface area contributed by atoms with E-state index in [2.05, 4.69) is 0 Å². The van der Waals surface area contributed by atoms with Crippen LogP contribution in [0.2, 0.25) is 0 Å². The number of carbonyl (C=O) groups is 1. The monoisotopic (exact) mass is 436 g/mol. The van der Waals surface area contributed by atoms with Gasteiger partial charge in [0.2, 0.25) is 0 Å². The van der Waals surface area contributed by atoms with Gasteiger partial charge in [0.1, 0.15) is 17.5 Å². The Hall–Kier alpha value is -3.60. The van der Waals surface area contributed by atoms with Crippen LogP contribution in [-0.2, 0) is 4.79 Å². The van der Waals surface area contributed by atoms with E-state index in [0.717, 1.165) is 29.8 Å². The van der Waals surface area contributed by atoms with Crippen LogP contribution >= 0.6 is 0 Å². The Bertz CT molecular complexity index is 1200. The lowest BCUT2D eigenvalue weighted by molar-refractivity contribution is -0.131. The first kappa shape index (κ1) is 23.1. The lowest BCUT2D eigenvalue weighted by atomic mass is 9.85. The molecule has 5 heteroatoms. The maximum atomic E-state index is 15.3. The van der Waals surface area contributed by atoms with Crippen molar-refractivity contribution >= 4 is 23.2 Å². The zero-order valence-electron chi connectivity index (χ0n) is 18.0. The molecule has 3 rings (SSSR count). The standard InChI is InChI=1S/C27H23F3O2/c1-4-21(22-11-10-20(28)13-17(22)3)26(19-8-5-16(2)6-9-19)27-23(29)14-18(15-24(27)30)7-12-25(31)32/h5-15H,4H2,1-3H3,(H,31,32)/b12-7+,26-21-. The molecule has 2 nitrogen and oxygen atoms in total. The van der Waals surface area contributed by atoms with Crippen molar-refractivity contribution in [3.8, 4) is 0 Å². The highest BCUT2D eigenvalue weighted by atomic mass is 19.1. The van der Waals surface area contributed by atoms with Gasteiger partial charge in [-0.1, -0.05) is 42.8 Å². The summed E-state index contributed by atoms with van der Waals surface area (Å²) in [6.07, 6.45) is 2.41. The van der Waals surface area contributed by atoms with Gasteiger partial charge in [-0.2, -0.15) is 0 Å². The van der Waals surface area contributed by atoms with Crippen LogP contribution in [0.4, 0.5) is 13.2 Å². The van der Waals surface area contributed by atoms with Gasteiger partial charge in [-0.05, 0) is 84.0 Å². The fraction of sp³-hybridized carbons (Fsp3) is 0.148. The van der Waals surface area contributed by atoms with Crippen LogP contribution in [0.3, 0.4) is 0 Å². The van der Waals surface area contributed by atoms with Crippen LogP contribution in [0.25, 0.3) is 17.2 Å². The number of aryl methyl sites for hydroxylation is 2. The van der Waals surface area contributed by atoms with Crippen molar-refractivity contribution in [3.63, 3.8) is 0 Å². The minimum atomic E-state index is -1.21. The lowest BCUT2D eigenvalue weighted by Crippen LogP contribution is -2.03. The van der Waals surface area contributed by atoms with Crippen molar-refractivity contribution in [2.45, 2.75) is 27.2 Å². The molecule has 0 saturated carbocycles. The number of allylic oxidation sites excluding steroid dienone is 1. The Kier molecular flexibility index (Phi) is 6.98. The summed E-state index contributed by atoms with van der Waals surface area (Å²) in [6, 6.07) is 13.9. The van der Waals surface area contributed by atoms with Gasteiger partial charge in [-0.15, -0.1) is 0 Å². The number of carboxylic acids is 1. The van der Waals surface area contributed by atoms with Crippen LogP contribution in [-0.4, -0.2) is 11.1 Å². The van der Waals surface area contributed by atoms with Crippen molar-refractivity contribution < 1.29 is 23.1 Å². The average molecular weight is 436 g/mol. The summed E-state index contributed by atoms with van der Waals surface area (Å²) in [5.41, 5.74) is 3.95. The Morgan fingerprint density at radius 1 is 0.938 bits per heavy atom. The third-order valence-corrected chi connectivity index (χ3v) is 5.24. The van der Waals surface area contributed by atoms with Gasteiger partial charge in [0.25, 0.3) is 0 Å². The highest BCUT2D eigenvalue weighted by molar-refractivity contribution is 5.99.